The van der Waals surface area contributed by atoms with Gasteiger partial charge in [0.25, 0.3) is 5.91 Å². The SMILES string of the molecule is CCc1cccc(OCC(=O)N(CCCn2ccnc2)CC(C)C(=O)OC)c1. The van der Waals surface area contributed by atoms with Crippen LogP contribution < -0.4 is 4.74 Å². The Bertz CT molecular complexity index is 746. The molecule has 1 atom stereocenters. The number of benzene rings is 1. The summed E-state index contributed by atoms with van der Waals surface area (Å²) >= 11 is 0. The van der Waals surface area contributed by atoms with Crippen molar-refractivity contribution in [2.24, 2.45) is 5.92 Å². The lowest BCUT2D eigenvalue weighted by Crippen LogP contribution is -2.40. The molecule has 7 nitrogen and oxygen atoms in total. The molecule has 0 aliphatic heterocycles. The monoisotopic (exact) mass is 387 g/mol. The molecule has 7 heteroatoms. The number of carbonyl (C=O) groups excluding carboxylic acids is 2. The second-order valence-electron chi connectivity index (χ2n) is 6.71. The maximum Gasteiger partial charge on any atom is 0.310 e. The minimum absolute atomic E-state index is 0.0634. The predicted molar refractivity (Wildman–Crippen MR) is 106 cm³/mol. The molecule has 0 bridgehead atoms. The number of aryl methyl sites for hydroxylation is 2. The van der Waals surface area contributed by atoms with Crippen molar-refractivity contribution in [3.8, 4) is 5.75 Å². The van der Waals surface area contributed by atoms with Crippen LogP contribution >= 0.6 is 0 Å². The Labute approximate surface area is 166 Å². The van der Waals surface area contributed by atoms with Gasteiger partial charge in [0.2, 0.25) is 0 Å². The van der Waals surface area contributed by atoms with Crippen molar-refractivity contribution in [3.05, 3.63) is 48.5 Å². The van der Waals surface area contributed by atoms with Crippen LogP contribution in [0, 0.1) is 5.92 Å². The van der Waals surface area contributed by atoms with Gasteiger partial charge in [-0.1, -0.05) is 26.0 Å². The standard InChI is InChI=1S/C21H29N3O4/c1-4-18-7-5-8-19(13-18)28-15-20(25)24(14-17(2)21(26)27-3)11-6-10-23-12-9-22-16-23/h5,7-9,12-13,16-17H,4,6,10-11,14-15H2,1-3H3. The summed E-state index contributed by atoms with van der Waals surface area (Å²) in [6, 6.07) is 7.72. The van der Waals surface area contributed by atoms with E-state index in [1.54, 1.807) is 24.3 Å². The Morgan fingerprint density at radius 2 is 2.14 bits per heavy atom. The van der Waals surface area contributed by atoms with E-state index in [9.17, 15) is 9.59 Å². The zero-order valence-corrected chi connectivity index (χ0v) is 16.8. The number of carbonyl (C=O) groups is 2. The van der Waals surface area contributed by atoms with Crippen LogP contribution in [0.2, 0.25) is 0 Å². The Morgan fingerprint density at radius 1 is 1.32 bits per heavy atom. The number of esters is 1. The number of hydrogen-bond acceptors (Lipinski definition) is 5. The summed E-state index contributed by atoms with van der Waals surface area (Å²) < 4.78 is 12.4. The number of ether oxygens (including phenoxy) is 2. The van der Waals surface area contributed by atoms with Crippen LogP contribution in [0.15, 0.2) is 43.0 Å². The number of rotatable bonds is 11. The van der Waals surface area contributed by atoms with Gasteiger partial charge in [-0.25, -0.2) is 4.98 Å². The third-order valence-electron chi connectivity index (χ3n) is 4.52. The highest BCUT2D eigenvalue weighted by molar-refractivity contribution is 5.79. The fraction of sp³-hybridized carbons (Fsp3) is 0.476. The lowest BCUT2D eigenvalue weighted by Gasteiger charge is -2.25. The number of nitrogens with zero attached hydrogens (tertiary/aromatic N) is 3. The van der Waals surface area contributed by atoms with Gasteiger partial charge in [-0.3, -0.25) is 9.59 Å². The van der Waals surface area contributed by atoms with Crippen molar-refractivity contribution >= 4 is 11.9 Å². The smallest absolute Gasteiger partial charge is 0.310 e. The van der Waals surface area contributed by atoms with Gasteiger partial charge < -0.3 is 18.9 Å². The highest BCUT2D eigenvalue weighted by atomic mass is 16.5. The Kier molecular flexibility index (Phi) is 8.52. The first-order chi connectivity index (χ1) is 13.5. The normalized spacial score (nSPS) is 11.7. The van der Waals surface area contributed by atoms with E-state index in [2.05, 4.69) is 11.9 Å². The van der Waals surface area contributed by atoms with Crippen molar-refractivity contribution in [2.75, 3.05) is 26.8 Å². The molecule has 28 heavy (non-hydrogen) atoms. The summed E-state index contributed by atoms with van der Waals surface area (Å²) in [5.41, 5.74) is 1.15. The van der Waals surface area contributed by atoms with Crippen LogP contribution in [0.3, 0.4) is 0 Å². The molecule has 0 N–H and O–H groups in total. The van der Waals surface area contributed by atoms with Crippen molar-refractivity contribution < 1.29 is 19.1 Å². The molecular weight excluding hydrogens is 358 g/mol. The summed E-state index contributed by atoms with van der Waals surface area (Å²) in [6.45, 7) is 5.33. The fourth-order valence-electron chi connectivity index (χ4n) is 2.88. The highest BCUT2D eigenvalue weighted by Gasteiger charge is 2.21. The minimum Gasteiger partial charge on any atom is -0.484 e. The van der Waals surface area contributed by atoms with Crippen molar-refractivity contribution in [1.82, 2.24) is 14.5 Å². The van der Waals surface area contributed by atoms with E-state index in [0.29, 0.717) is 18.8 Å². The molecule has 0 saturated carbocycles. The summed E-state index contributed by atoms with van der Waals surface area (Å²) in [5.74, 6) is -0.204. The molecule has 0 aliphatic carbocycles. The topological polar surface area (TPSA) is 73.7 Å². The van der Waals surface area contributed by atoms with E-state index in [4.69, 9.17) is 9.47 Å². The van der Waals surface area contributed by atoms with Gasteiger partial charge >= 0.3 is 5.97 Å². The van der Waals surface area contributed by atoms with Gasteiger partial charge in [0.1, 0.15) is 5.75 Å². The third kappa shape index (κ3) is 6.72. The Balaban J connectivity index is 1.94. The molecule has 0 fully saturated rings. The van der Waals surface area contributed by atoms with Gasteiger partial charge in [0.15, 0.2) is 6.61 Å². The first kappa shape index (κ1) is 21.5. The van der Waals surface area contributed by atoms with E-state index in [0.717, 1.165) is 24.9 Å². The molecule has 1 amide bonds. The molecule has 152 valence electrons. The minimum atomic E-state index is -0.398. The molecule has 2 aromatic rings. The van der Waals surface area contributed by atoms with Crippen molar-refractivity contribution in [2.45, 2.75) is 33.2 Å². The second kappa shape index (κ2) is 11.1. The van der Waals surface area contributed by atoms with Gasteiger partial charge in [-0.2, -0.15) is 0 Å². The molecule has 1 aromatic heterocycles. The molecule has 0 spiro atoms. The molecule has 0 aliphatic rings. The number of imidazole rings is 1. The van der Waals surface area contributed by atoms with Crippen LogP contribution in [0.4, 0.5) is 0 Å². The molecule has 1 heterocycles. The van der Waals surface area contributed by atoms with Gasteiger partial charge in [-0.15, -0.1) is 0 Å². The first-order valence-electron chi connectivity index (χ1n) is 9.56. The summed E-state index contributed by atoms with van der Waals surface area (Å²) in [5, 5.41) is 0. The van der Waals surface area contributed by atoms with Crippen LogP contribution in [-0.2, 0) is 27.3 Å². The number of aromatic nitrogens is 2. The van der Waals surface area contributed by atoms with Gasteiger partial charge in [0.05, 0.1) is 19.4 Å². The molecule has 0 radical (unpaired) electrons. The fourth-order valence-corrected chi connectivity index (χ4v) is 2.88. The van der Waals surface area contributed by atoms with Crippen molar-refractivity contribution in [3.63, 3.8) is 0 Å². The summed E-state index contributed by atoms with van der Waals surface area (Å²) in [7, 11) is 1.36. The van der Waals surface area contributed by atoms with Crippen molar-refractivity contribution in [1.29, 1.82) is 0 Å². The van der Waals surface area contributed by atoms with Crippen LogP contribution in [0.1, 0.15) is 25.8 Å². The quantitative estimate of drug-likeness (QED) is 0.554. The van der Waals surface area contributed by atoms with E-state index in [1.165, 1.54) is 7.11 Å². The largest absolute Gasteiger partial charge is 0.484 e. The number of methoxy groups -OCH3 is 1. The highest BCUT2D eigenvalue weighted by Crippen LogP contribution is 2.14. The predicted octanol–water partition coefficient (Wildman–Crippen LogP) is 2.55. The molecule has 0 saturated heterocycles. The zero-order chi connectivity index (χ0) is 20.4. The lowest BCUT2D eigenvalue weighted by atomic mass is 10.1. The van der Waals surface area contributed by atoms with E-state index >= 15 is 0 Å². The summed E-state index contributed by atoms with van der Waals surface area (Å²) in [4.78, 5) is 30.2. The Morgan fingerprint density at radius 3 is 2.82 bits per heavy atom. The van der Waals surface area contributed by atoms with Crippen LogP contribution in [0.5, 0.6) is 5.75 Å². The van der Waals surface area contributed by atoms with E-state index in [-0.39, 0.29) is 18.5 Å². The molecular formula is C21H29N3O4. The first-order valence-corrected chi connectivity index (χ1v) is 9.56. The number of amides is 1. The third-order valence-corrected chi connectivity index (χ3v) is 4.52. The zero-order valence-electron chi connectivity index (χ0n) is 16.8. The molecule has 1 unspecified atom stereocenters. The van der Waals surface area contributed by atoms with Crippen LogP contribution in [-0.4, -0.2) is 53.1 Å². The maximum atomic E-state index is 12.7. The average molecular weight is 387 g/mol. The molecule has 1 aromatic carbocycles. The second-order valence-corrected chi connectivity index (χ2v) is 6.71. The van der Waals surface area contributed by atoms with E-state index in [1.807, 2.05) is 35.0 Å². The molecule has 2 rings (SSSR count). The average Bonchev–Trinajstić information content (AvgIpc) is 3.24. The summed E-state index contributed by atoms with van der Waals surface area (Å²) in [6.07, 6.45) is 7.00. The van der Waals surface area contributed by atoms with Crippen LogP contribution in [0.25, 0.3) is 0 Å². The van der Waals surface area contributed by atoms with Gasteiger partial charge in [0, 0.05) is 32.0 Å². The van der Waals surface area contributed by atoms with E-state index < -0.39 is 5.92 Å². The Hall–Kier alpha value is -2.83. The van der Waals surface area contributed by atoms with Gasteiger partial charge in [-0.05, 0) is 30.5 Å². The number of hydrogen-bond donors (Lipinski definition) is 0. The maximum absolute atomic E-state index is 12.7. The lowest BCUT2D eigenvalue weighted by molar-refractivity contribution is -0.146.